The molecule has 5 nitrogen and oxygen atoms in total. The van der Waals surface area contributed by atoms with Gasteiger partial charge in [-0.05, 0) is 91.3 Å². The van der Waals surface area contributed by atoms with Crippen molar-refractivity contribution >= 4 is 5.97 Å². The number of carbonyl (C=O) groups is 1. The van der Waals surface area contributed by atoms with Gasteiger partial charge in [-0.1, -0.05) is 65.5 Å². The van der Waals surface area contributed by atoms with Crippen LogP contribution in [0.4, 0.5) is 0 Å². The van der Waals surface area contributed by atoms with Crippen LogP contribution < -0.4 is 0 Å². The summed E-state index contributed by atoms with van der Waals surface area (Å²) < 4.78 is 5.66. The number of nitrogens with zero attached hydrogens (tertiary/aromatic N) is 2. The number of rotatable bonds is 7. The zero-order valence-corrected chi connectivity index (χ0v) is 23.6. The molecule has 0 aromatic heterocycles. The number of ether oxygens (including phenoxy) is 1. The quantitative estimate of drug-likeness (QED) is 0.126. The van der Waals surface area contributed by atoms with E-state index in [2.05, 4.69) is 45.7 Å². The van der Waals surface area contributed by atoms with Crippen LogP contribution >= 0.6 is 0 Å². The minimum atomic E-state index is -0.742. The average molecular weight is 498 g/mol. The van der Waals surface area contributed by atoms with E-state index in [1.807, 2.05) is 0 Å². The highest BCUT2D eigenvalue weighted by Crippen LogP contribution is 2.67. The molecule has 0 heterocycles. The summed E-state index contributed by atoms with van der Waals surface area (Å²) in [5, 5.41) is 18.7. The lowest BCUT2D eigenvalue weighted by molar-refractivity contribution is -0.146. The molecule has 36 heavy (non-hydrogen) atoms. The SMILES string of the molecule is C/C(O)=C(\[N+]#N)C(=O)O[C@H]1CC[C@@]2(C)C(=CC[C@H]3[C@@H]4CC[C@H]([C@H](C)CCCC(C)C)[C@@]4(C)CC[C@@H]32)C1. The Balaban J connectivity index is 1.44. The van der Waals surface area contributed by atoms with E-state index in [1.54, 1.807) is 0 Å². The van der Waals surface area contributed by atoms with Gasteiger partial charge in [-0.25, -0.2) is 4.79 Å². The molecular formula is C31H49N2O3+. The molecule has 0 radical (unpaired) electrons. The van der Waals surface area contributed by atoms with Crippen molar-refractivity contribution in [1.29, 1.82) is 5.39 Å². The van der Waals surface area contributed by atoms with E-state index in [0.717, 1.165) is 61.2 Å². The third-order valence-electron chi connectivity index (χ3n) is 11.2. The van der Waals surface area contributed by atoms with Gasteiger partial charge in [0.1, 0.15) is 6.10 Å². The van der Waals surface area contributed by atoms with Crippen molar-refractivity contribution in [2.24, 2.45) is 46.3 Å². The fraction of sp³-hybridized carbons (Fsp3) is 0.839. The van der Waals surface area contributed by atoms with E-state index in [1.165, 1.54) is 57.4 Å². The smallest absolute Gasteiger partial charge is 0.504 e. The molecule has 0 saturated heterocycles. The van der Waals surface area contributed by atoms with Crippen LogP contribution in [0.25, 0.3) is 4.98 Å². The van der Waals surface area contributed by atoms with E-state index in [9.17, 15) is 9.90 Å². The minimum Gasteiger partial charge on any atom is -0.505 e. The molecule has 4 rings (SSSR count). The number of fused-ring (bicyclic) bond motifs is 5. The van der Waals surface area contributed by atoms with Gasteiger partial charge in [0.2, 0.25) is 5.39 Å². The molecule has 200 valence electrons. The molecular weight excluding hydrogens is 448 g/mol. The highest BCUT2D eigenvalue weighted by molar-refractivity contribution is 5.90. The number of hydrogen-bond donors (Lipinski definition) is 1. The first-order chi connectivity index (χ1) is 17.0. The Hall–Kier alpha value is -1.83. The normalized spacial score (nSPS) is 39.2. The van der Waals surface area contributed by atoms with Crippen LogP contribution in [0.5, 0.6) is 0 Å². The highest BCUT2D eigenvalue weighted by Gasteiger charge is 2.59. The molecule has 0 spiro atoms. The fourth-order valence-electron chi connectivity index (χ4n) is 9.22. The molecule has 1 N–H and O–H groups in total. The van der Waals surface area contributed by atoms with Gasteiger partial charge in [0, 0.05) is 13.3 Å². The largest absolute Gasteiger partial charge is 0.505 e. The minimum absolute atomic E-state index is 0.195. The molecule has 0 bridgehead atoms. The van der Waals surface area contributed by atoms with E-state index >= 15 is 0 Å². The summed E-state index contributed by atoms with van der Waals surface area (Å²) in [6.07, 6.45) is 15.7. The number of aliphatic hydroxyl groups is 1. The summed E-state index contributed by atoms with van der Waals surface area (Å²) in [5.41, 5.74) is 1.74. The van der Waals surface area contributed by atoms with Gasteiger partial charge < -0.3 is 9.84 Å². The van der Waals surface area contributed by atoms with E-state index in [-0.39, 0.29) is 17.3 Å². The summed E-state index contributed by atoms with van der Waals surface area (Å²) in [6.45, 7) is 13.7. The Bertz CT molecular complexity index is 942. The molecule has 0 amide bonds. The first-order valence-electron chi connectivity index (χ1n) is 14.7. The summed E-state index contributed by atoms with van der Waals surface area (Å²) >= 11 is 0. The maximum Gasteiger partial charge on any atom is 0.504 e. The van der Waals surface area contributed by atoms with Crippen molar-refractivity contribution in [1.82, 2.24) is 0 Å². The second-order valence-corrected chi connectivity index (χ2v) is 13.6. The monoisotopic (exact) mass is 497 g/mol. The van der Waals surface area contributed by atoms with Crippen LogP contribution in [0.15, 0.2) is 23.1 Å². The summed E-state index contributed by atoms with van der Waals surface area (Å²) in [5.74, 6) is 3.80. The molecule has 0 aliphatic heterocycles. The standard InChI is InChI=1S/C31H48N2O3/c1-19(2)8-7-9-20(3)25-12-13-26-24-11-10-22-18-23(36-29(35)28(33-32)21(4)34)14-16-30(22,5)27(24)15-17-31(25,26)6/h10,19-20,23-27H,7-9,11-18H2,1-6H3/p+1/t20-,23+,24+,25-,26+,27+,30+,31-/m1/s1. The second kappa shape index (κ2) is 10.5. The Kier molecular flexibility index (Phi) is 7.94. The van der Waals surface area contributed by atoms with Crippen LogP contribution in [0.3, 0.4) is 0 Å². The zero-order chi connectivity index (χ0) is 26.3. The first-order valence-corrected chi connectivity index (χ1v) is 14.7. The summed E-state index contributed by atoms with van der Waals surface area (Å²) in [4.78, 5) is 15.3. The molecule has 8 atom stereocenters. The van der Waals surface area contributed by atoms with E-state index < -0.39 is 11.7 Å². The molecule has 3 saturated carbocycles. The van der Waals surface area contributed by atoms with Gasteiger partial charge in [-0.3, -0.25) is 0 Å². The zero-order valence-electron chi connectivity index (χ0n) is 23.6. The van der Waals surface area contributed by atoms with Gasteiger partial charge in [-0.15, -0.1) is 0 Å². The van der Waals surface area contributed by atoms with Crippen LogP contribution in [-0.2, 0) is 9.53 Å². The molecule has 5 heteroatoms. The maximum absolute atomic E-state index is 12.4. The van der Waals surface area contributed by atoms with Crippen LogP contribution in [0, 0.1) is 51.7 Å². The lowest BCUT2D eigenvalue weighted by Crippen LogP contribution is -2.51. The average Bonchev–Trinajstić information content (AvgIpc) is 3.16. The van der Waals surface area contributed by atoms with Crippen molar-refractivity contribution in [2.45, 2.75) is 118 Å². The van der Waals surface area contributed by atoms with Crippen LogP contribution in [0.2, 0.25) is 0 Å². The van der Waals surface area contributed by atoms with Gasteiger partial charge in [0.25, 0.3) is 0 Å². The number of allylic oxidation sites excluding steroid dienone is 2. The van der Waals surface area contributed by atoms with Crippen molar-refractivity contribution in [3.63, 3.8) is 0 Å². The fourth-order valence-corrected chi connectivity index (χ4v) is 9.22. The number of aliphatic hydroxyl groups excluding tert-OH is 1. The Morgan fingerprint density at radius 3 is 2.56 bits per heavy atom. The summed E-state index contributed by atoms with van der Waals surface area (Å²) in [6, 6.07) is 0. The Labute approximate surface area is 218 Å². The number of carbonyl (C=O) groups excluding carboxylic acids is 1. The molecule has 4 aliphatic rings. The third-order valence-corrected chi connectivity index (χ3v) is 11.2. The summed E-state index contributed by atoms with van der Waals surface area (Å²) in [7, 11) is 0. The van der Waals surface area contributed by atoms with Gasteiger partial charge in [0.05, 0.1) is 0 Å². The second-order valence-electron chi connectivity index (χ2n) is 13.6. The van der Waals surface area contributed by atoms with E-state index in [0.29, 0.717) is 5.41 Å². The van der Waals surface area contributed by atoms with E-state index in [4.69, 9.17) is 10.1 Å². The number of esters is 1. The van der Waals surface area contributed by atoms with Crippen molar-refractivity contribution in [3.05, 3.63) is 28.1 Å². The number of hydrogen-bond acceptors (Lipinski definition) is 4. The first kappa shape index (κ1) is 27.2. The highest BCUT2D eigenvalue weighted by atomic mass is 16.5. The topological polar surface area (TPSA) is 74.7 Å². The molecule has 0 aromatic carbocycles. The number of diazo groups is 1. The molecule has 0 unspecified atom stereocenters. The van der Waals surface area contributed by atoms with Gasteiger partial charge in [0.15, 0.2) is 10.7 Å². The van der Waals surface area contributed by atoms with Gasteiger partial charge >= 0.3 is 11.7 Å². The van der Waals surface area contributed by atoms with Gasteiger partial charge in [-0.2, -0.15) is 0 Å². The molecule has 4 aliphatic carbocycles. The molecule has 3 fully saturated rings. The predicted octanol–water partition coefficient (Wildman–Crippen LogP) is 8.58. The Morgan fingerprint density at radius 2 is 1.89 bits per heavy atom. The van der Waals surface area contributed by atoms with Crippen molar-refractivity contribution in [2.75, 3.05) is 0 Å². The van der Waals surface area contributed by atoms with Crippen molar-refractivity contribution in [3.8, 4) is 0 Å². The third kappa shape index (κ3) is 4.86. The maximum atomic E-state index is 12.4. The Morgan fingerprint density at radius 1 is 1.14 bits per heavy atom. The van der Waals surface area contributed by atoms with Crippen LogP contribution in [-0.4, -0.2) is 17.2 Å². The van der Waals surface area contributed by atoms with Crippen LogP contribution in [0.1, 0.15) is 112 Å². The lowest BCUT2D eigenvalue weighted by atomic mass is 9.47. The lowest BCUT2D eigenvalue weighted by Gasteiger charge is -2.58. The predicted molar refractivity (Wildman–Crippen MR) is 143 cm³/mol. The molecule has 0 aromatic rings. The van der Waals surface area contributed by atoms with Crippen molar-refractivity contribution < 1.29 is 14.6 Å².